The van der Waals surface area contributed by atoms with E-state index in [1.54, 1.807) is 19.1 Å². The molecule has 7 heteroatoms. The summed E-state index contributed by atoms with van der Waals surface area (Å²) in [6.07, 6.45) is -4.92. The van der Waals surface area contributed by atoms with Crippen molar-refractivity contribution in [3.05, 3.63) is 29.3 Å². The van der Waals surface area contributed by atoms with Gasteiger partial charge >= 0.3 is 6.18 Å². The summed E-state index contributed by atoms with van der Waals surface area (Å²) in [7, 11) is 0. The molecule has 1 aliphatic rings. The van der Waals surface area contributed by atoms with Gasteiger partial charge in [0.05, 0.1) is 11.6 Å². The number of nitrogens with one attached hydrogen (secondary N) is 2. The van der Waals surface area contributed by atoms with Gasteiger partial charge in [0, 0.05) is 12.2 Å². The highest BCUT2D eigenvalue weighted by atomic mass is 19.4. The van der Waals surface area contributed by atoms with Crippen molar-refractivity contribution in [2.75, 3.05) is 18.4 Å². The van der Waals surface area contributed by atoms with E-state index < -0.39 is 24.0 Å². The van der Waals surface area contributed by atoms with Crippen molar-refractivity contribution in [2.45, 2.75) is 19.5 Å². The van der Waals surface area contributed by atoms with Crippen LogP contribution in [0.5, 0.6) is 0 Å². The van der Waals surface area contributed by atoms with Crippen molar-refractivity contribution in [1.82, 2.24) is 5.32 Å². The maximum absolute atomic E-state index is 13.3. The van der Waals surface area contributed by atoms with Gasteiger partial charge in [-0.25, -0.2) is 0 Å². The average molecular weight is 297 g/mol. The molecule has 4 nitrogen and oxygen atoms in total. The summed E-state index contributed by atoms with van der Waals surface area (Å²) in [5.41, 5.74) is -1.30. The van der Waals surface area contributed by atoms with Crippen LogP contribution in [0.15, 0.2) is 18.2 Å². The molecule has 2 N–H and O–H groups in total. The number of halogens is 3. The fourth-order valence-corrected chi connectivity index (χ4v) is 2.32. The predicted octanol–water partition coefficient (Wildman–Crippen LogP) is 2.35. The molecule has 1 heterocycles. The number of hydrogen-bond acceptors (Lipinski definition) is 3. The van der Waals surface area contributed by atoms with Crippen molar-refractivity contribution in [3.63, 3.8) is 0 Å². The van der Waals surface area contributed by atoms with Gasteiger partial charge in [-0.05, 0) is 37.6 Å². The first-order valence-corrected chi connectivity index (χ1v) is 6.40. The van der Waals surface area contributed by atoms with Crippen LogP contribution in [0.4, 0.5) is 18.9 Å². The highest BCUT2D eigenvalue weighted by Gasteiger charge is 2.61. The molecular weight excluding hydrogens is 283 g/mol. The summed E-state index contributed by atoms with van der Waals surface area (Å²) in [6.45, 7) is 1.37. The van der Waals surface area contributed by atoms with Crippen LogP contribution in [0, 0.1) is 23.7 Å². The summed E-state index contributed by atoms with van der Waals surface area (Å²) < 4.78 is 39.8. The monoisotopic (exact) mass is 297 g/mol. The molecule has 1 atom stereocenters. The Morgan fingerprint density at radius 3 is 2.71 bits per heavy atom. The van der Waals surface area contributed by atoms with E-state index in [4.69, 9.17) is 5.26 Å². The van der Waals surface area contributed by atoms with Crippen molar-refractivity contribution >= 4 is 11.6 Å². The summed E-state index contributed by atoms with van der Waals surface area (Å²) >= 11 is 0. The summed E-state index contributed by atoms with van der Waals surface area (Å²) in [6, 6.07) is 6.39. The Bertz CT molecular complexity index is 598. The SMILES string of the molecule is Cc1ccc(C#N)cc1NC(=O)C1(C(F)(F)F)CCNC1. The maximum Gasteiger partial charge on any atom is 0.404 e. The second kappa shape index (κ2) is 5.37. The molecule has 0 aromatic heterocycles. The molecule has 0 radical (unpaired) electrons. The van der Waals surface area contributed by atoms with Crippen molar-refractivity contribution in [1.29, 1.82) is 5.26 Å². The van der Waals surface area contributed by atoms with Crippen molar-refractivity contribution in [2.24, 2.45) is 5.41 Å². The summed E-state index contributed by atoms with van der Waals surface area (Å²) in [4.78, 5) is 12.2. The lowest BCUT2D eigenvalue weighted by Crippen LogP contribution is -2.49. The number of benzene rings is 1. The van der Waals surface area contributed by atoms with E-state index in [0.29, 0.717) is 5.56 Å². The lowest BCUT2D eigenvalue weighted by molar-refractivity contribution is -0.213. The molecule has 1 aliphatic heterocycles. The molecule has 0 aliphatic carbocycles. The van der Waals surface area contributed by atoms with Gasteiger partial charge in [-0.3, -0.25) is 4.79 Å². The second-order valence-electron chi connectivity index (χ2n) is 5.10. The first-order chi connectivity index (χ1) is 9.80. The van der Waals surface area contributed by atoms with Crippen LogP contribution in [0.1, 0.15) is 17.5 Å². The molecular formula is C14H14F3N3O. The highest BCUT2D eigenvalue weighted by molar-refractivity contribution is 5.97. The van der Waals surface area contributed by atoms with Gasteiger partial charge in [-0.15, -0.1) is 0 Å². The molecule has 112 valence electrons. The molecule has 0 spiro atoms. The number of aryl methyl sites for hydroxylation is 1. The van der Waals surface area contributed by atoms with Crippen LogP contribution < -0.4 is 10.6 Å². The Kier molecular flexibility index (Phi) is 3.92. The fourth-order valence-electron chi connectivity index (χ4n) is 2.32. The molecule has 0 saturated carbocycles. The topological polar surface area (TPSA) is 64.9 Å². The minimum atomic E-state index is -4.62. The fraction of sp³-hybridized carbons (Fsp3) is 0.429. The zero-order valence-corrected chi connectivity index (χ0v) is 11.3. The maximum atomic E-state index is 13.3. The number of amides is 1. The number of nitrogens with zero attached hydrogens (tertiary/aromatic N) is 1. The van der Waals surface area contributed by atoms with Gasteiger partial charge in [0.25, 0.3) is 0 Å². The lowest BCUT2D eigenvalue weighted by Gasteiger charge is -2.29. The van der Waals surface area contributed by atoms with Gasteiger partial charge in [-0.1, -0.05) is 6.07 Å². The quantitative estimate of drug-likeness (QED) is 0.880. The van der Waals surface area contributed by atoms with E-state index in [0.717, 1.165) is 0 Å². The molecule has 1 aromatic carbocycles. The van der Waals surface area contributed by atoms with Gasteiger partial charge in [0.2, 0.25) is 5.91 Å². The largest absolute Gasteiger partial charge is 0.404 e. The molecule has 1 unspecified atom stereocenters. The van der Waals surface area contributed by atoms with E-state index in [9.17, 15) is 18.0 Å². The Labute approximate surface area is 119 Å². The van der Waals surface area contributed by atoms with Gasteiger partial charge in [0.15, 0.2) is 5.41 Å². The molecule has 1 fully saturated rings. The van der Waals surface area contributed by atoms with Crippen molar-refractivity contribution in [3.8, 4) is 6.07 Å². The first-order valence-electron chi connectivity index (χ1n) is 6.40. The zero-order valence-electron chi connectivity index (χ0n) is 11.3. The normalized spacial score (nSPS) is 21.9. The number of anilines is 1. The molecule has 21 heavy (non-hydrogen) atoms. The molecule has 1 saturated heterocycles. The number of alkyl halides is 3. The number of carbonyl (C=O) groups excluding carboxylic acids is 1. The molecule has 1 amide bonds. The summed E-state index contributed by atoms with van der Waals surface area (Å²) in [5, 5.41) is 13.7. The van der Waals surface area contributed by atoms with Gasteiger partial charge in [0.1, 0.15) is 0 Å². The minimum Gasteiger partial charge on any atom is -0.325 e. The van der Waals surface area contributed by atoms with E-state index in [1.165, 1.54) is 6.07 Å². The van der Waals surface area contributed by atoms with Crippen LogP contribution in [0.25, 0.3) is 0 Å². The van der Waals surface area contributed by atoms with Crippen LogP contribution in [0.3, 0.4) is 0 Å². The number of rotatable bonds is 2. The molecule has 2 rings (SSSR count). The second-order valence-corrected chi connectivity index (χ2v) is 5.10. The van der Waals surface area contributed by atoms with Gasteiger partial charge < -0.3 is 10.6 Å². The average Bonchev–Trinajstić information content (AvgIpc) is 2.91. The van der Waals surface area contributed by atoms with Gasteiger partial charge in [-0.2, -0.15) is 18.4 Å². The van der Waals surface area contributed by atoms with Crippen molar-refractivity contribution < 1.29 is 18.0 Å². The Balaban J connectivity index is 2.31. The number of carbonyl (C=O) groups is 1. The van der Waals surface area contributed by atoms with Crippen LogP contribution in [-0.2, 0) is 4.79 Å². The van der Waals surface area contributed by atoms with E-state index >= 15 is 0 Å². The third-order valence-corrected chi connectivity index (χ3v) is 3.75. The lowest BCUT2D eigenvalue weighted by atomic mass is 9.85. The standard InChI is InChI=1S/C14H14F3N3O/c1-9-2-3-10(7-18)6-11(9)20-12(21)13(14(15,16)17)4-5-19-8-13/h2-3,6,19H,4-5,8H2,1H3,(H,20,21). The third-order valence-electron chi connectivity index (χ3n) is 3.75. The number of nitriles is 1. The first kappa shape index (κ1) is 15.3. The Hall–Kier alpha value is -2.07. The third kappa shape index (κ3) is 2.72. The predicted molar refractivity (Wildman–Crippen MR) is 70.5 cm³/mol. The minimum absolute atomic E-state index is 0.143. The van der Waals surface area contributed by atoms with Crippen LogP contribution >= 0.6 is 0 Å². The van der Waals surface area contributed by atoms with E-state index in [2.05, 4.69) is 10.6 Å². The summed E-state index contributed by atoms with van der Waals surface area (Å²) in [5.74, 6) is -1.09. The van der Waals surface area contributed by atoms with E-state index in [-0.39, 0.29) is 24.2 Å². The smallest absolute Gasteiger partial charge is 0.325 e. The zero-order chi connectivity index (χ0) is 15.7. The Morgan fingerprint density at radius 2 is 2.19 bits per heavy atom. The number of hydrogen-bond donors (Lipinski definition) is 2. The van der Waals surface area contributed by atoms with Crippen LogP contribution in [-0.4, -0.2) is 25.2 Å². The van der Waals surface area contributed by atoms with Crippen LogP contribution in [0.2, 0.25) is 0 Å². The molecule has 0 bridgehead atoms. The highest BCUT2D eigenvalue weighted by Crippen LogP contribution is 2.43. The molecule has 1 aromatic rings. The van der Waals surface area contributed by atoms with E-state index in [1.807, 2.05) is 6.07 Å². The Morgan fingerprint density at radius 1 is 1.48 bits per heavy atom.